The number of hydrogen-bond acceptors (Lipinski definition) is 3. The number of amides is 1. The molecule has 0 unspecified atom stereocenters. The van der Waals surface area contributed by atoms with E-state index in [2.05, 4.69) is 34.4 Å². The third kappa shape index (κ3) is 5.16. The number of likely N-dealkylation sites (tertiary alicyclic amines) is 1. The lowest BCUT2D eigenvalue weighted by Gasteiger charge is -2.35. The van der Waals surface area contributed by atoms with Crippen LogP contribution in [0, 0.1) is 6.92 Å². The van der Waals surface area contributed by atoms with Crippen LogP contribution < -0.4 is 5.32 Å². The van der Waals surface area contributed by atoms with Crippen molar-refractivity contribution in [3.8, 4) is 0 Å². The van der Waals surface area contributed by atoms with Gasteiger partial charge in [-0.3, -0.25) is 14.4 Å². The number of carbonyl (C=O) groups excluding carboxylic acids is 1. The molecular formula is C20H28N4O. The highest BCUT2D eigenvalue weighted by atomic mass is 16.2. The fourth-order valence-corrected chi connectivity index (χ4v) is 3.55. The molecular weight excluding hydrogens is 312 g/mol. The SMILES string of the molecule is Cc1ccccc1CNC(=O)CN1CCCC[C@H]1CCn1cccn1. The zero-order chi connectivity index (χ0) is 17.5. The van der Waals surface area contributed by atoms with E-state index in [1.807, 2.05) is 35.3 Å². The van der Waals surface area contributed by atoms with Crippen molar-refractivity contribution in [2.24, 2.45) is 0 Å². The molecule has 0 spiro atoms. The monoisotopic (exact) mass is 340 g/mol. The minimum absolute atomic E-state index is 0.120. The highest BCUT2D eigenvalue weighted by Crippen LogP contribution is 2.20. The largest absolute Gasteiger partial charge is 0.351 e. The highest BCUT2D eigenvalue weighted by molar-refractivity contribution is 5.78. The second-order valence-electron chi connectivity index (χ2n) is 6.88. The summed E-state index contributed by atoms with van der Waals surface area (Å²) >= 11 is 0. The van der Waals surface area contributed by atoms with Gasteiger partial charge < -0.3 is 5.32 Å². The molecule has 0 bridgehead atoms. The fraction of sp³-hybridized carbons (Fsp3) is 0.500. The zero-order valence-corrected chi connectivity index (χ0v) is 15.0. The first-order valence-electron chi connectivity index (χ1n) is 9.25. The second kappa shape index (κ2) is 8.81. The molecule has 1 saturated heterocycles. The van der Waals surface area contributed by atoms with Gasteiger partial charge in [-0.25, -0.2) is 0 Å². The Morgan fingerprint density at radius 3 is 2.96 bits per heavy atom. The summed E-state index contributed by atoms with van der Waals surface area (Å²) in [5.41, 5.74) is 2.41. The number of benzene rings is 1. The van der Waals surface area contributed by atoms with Gasteiger partial charge in [-0.2, -0.15) is 5.10 Å². The third-order valence-corrected chi connectivity index (χ3v) is 5.08. The smallest absolute Gasteiger partial charge is 0.234 e. The van der Waals surface area contributed by atoms with E-state index in [0.29, 0.717) is 19.1 Å². The van der Waals surface area contributed by atoms with E-state index >= 15 is 0 Å². The Morgan fingerprint density at radius 1 is 1.28 bits per heavy atom. The van der Waals surface area contributed by atoms with Crippen molar-refractivity contribution in [3.05, 3.63) is 53.9 Å². The molecule has 1 aromatic carbocycles. The zero-order valence-electron chi connectivity index (χ0n) is 15.0. The minimum Gasteiger partial charge on any atom is -0.351 e. The Kier molecular flexibility index (Phi) is 6.23. The van der Waals surface area contributed by atoms with Crippen molar-refractivity contribution in [2.75, 3.05) is 13.1 Å². The molecule has 5 heteroatoms. The van der Waals surface area contributed by atoms with Crippen molar-refractivity contribution in [1.29, 1.82) is 0 Å². The van der Waals surface area contributed by atoms with Crippen LogP contribution in [0.5, 0.6) is 0 Å². The quantitative estimate of drug-likeness (QED) is 0.843. The number of aromatic nitrogens is 2. The normalized spacial score (nSPS) is 18.2. The lowest BCUT2D eigenvalue weighted by molar-refractivity contribution is -0.123. The van der Waals surface area contributed by atoms with E-state index in [1.54, 1.807) is 0 Å². The molecule has 3 rings (SSSR count). The van der Waals surface area contributed by atoms with Crippen LogP contribution in [-0.4, -0.2) is 39.7 Å². The summed E-state index contributed by atoms with van der Waals surface area (Å²) in [5.74, 6) is 0.120. The van der Waals surface area contributed by atoms with Gasteiger partial charge in [0.05, 0.1) is 6.54 Å². The maximum atomic E-state index is 12.4. The lowest BCUT2D eigenvalue weighted by atomic mass is 9.99. The van der Waals surface area contributed by atoms with Crippen molar-refractivity contribution < 1.29 is 4.79 Å². The number of hydrogen-bond donors (Lipinski definition) is 1. The molecule has 0 saturated carbocycles. The third-order valence-electron chi connectivity index (χ3n) is 5.08. The van der Waals surface area contributed by atoms with E-state index in [0.717, 1.165) is 19.5 Å². The van der Waals surface area contributed by atoms with Gasteiger partial charge in [0, 0.05) is 31.5 Å². The summed E-state index contributed by atoms with van der Waals surface area (Å²) in [6.45, 7) is 5.12. The van der Waals surface area contributed by atoms with Crippen LogP contribution in [0.3, 0.4) is 0 Å². The summed E-state index contributed by atoms with van der Waals surface area (Å²) in [7, 11) is 0. The average molecular weight is 340 g/mol. The van der Waals surface area contributed by atoms with Gasteiger partial charge in [0.25, 0.3) is 0 Å². The van der Waals surface area contributed by atoms with Gasteiger partial charge in [0.15, 0.2) is 0 Å². The van der Waals surface area contributed by atoms with Crippen molar-refractivity contribution in [2.45, 2.75) is 51.7 Å². The summed E-state index contributed by atoms with van der Waals surface area (Å²) in [5, 5.41) is 7.36. The van der Waals surface area contributed by atoms with E-state index in [9.17, 15) is 4.79 Å². The van der Waals surface area contributed by atoms with E-state index in [1.165, 1.54) is 30.4 Å². The predicted molar refractivity (Wildman–Crippen MR) is 99.1 cm³/mol. The Bertz CT molecular complexity index is 668. The van der Waals surface area contributed by atoms with Crippen LogP contribution in [0.1, 0.15) is 36.8 Å². The maximum absolute atomic E-state index is 12.4. The Morgan fingerprint density at radius 2 is 2.16 bits per heavy atom. The van der Waals surface area contributed by atoms with Crippen LogP contribution >= 0.6 is 0 Å². The van der Waals surface area contributed by atoms with Crippen LogP contribution in [0.15, 0.2) is 42.7 Å². The molecule has 25 heavy (non-hydrogen) atoms. The summed E-state index contributed by atoms with van der Waals surface area (Å²) in [4.78, 5) is 14.8. The summed E-state index contributed by atoms with van der Waals surface area (Å²) in [6.07, 6.45) is 8.48. The second-order valence-corrected chi connectivity index (χ2v) is 6.88. The van der Waals surface area contributed by atoms with E-state index in [-0.39, 0.29) is 5.91 Å². The molecule has 134 valence electrons. The molecule has 1 fully saturated rings. The van der Waals surface area contributed by atoms with Gasteiger partial charge in [0.2, 0.25) is 5.91 Å². The molecule has 1 N–H and O–H groups in total. The van der Waals surface area contributed by atoms with Crippen LogP contribution in [-0.2, 0) is 17.9 Å². The number of nitrogens with one attached hydrogen (secondary N) is 1. The number of aryl methyl sites for hydroxylation is 2. The molecule has 1 aliphatic rings. The van der Waals surface area contributed by atoms with Crippen LogP contribution in [0.2, 0.25) is 0 Å². The molecule has 2 aromatic rings. The topological polar surface area (TPSA) is 50.2 Å². The molecule has 1 atom stereocenters. The standard InChI is InChI=1S/C20H28N4O/c1-17-7-2-3-8-18(17)15-21-20(25)16-23-12-5-4-9-19(23)10-14-24-13-6-11-22-24/h2-3,6-8,11,13,19H,4-5,9-10,12,14-16H2,1H3,(H,21,25)/t19-/m0/s1. The number of rotatable bonds is 7. The van der Waals surface area contributed by atoms with Gasteiger partial charge >= 0.3 is 0 Å². The van der Waals surface area contributed by atoms with E-state index < -0.39 is 0 Å². The van der Waals surface area contributed by atoms with Crippen LogP contribution in [0.25, 0.3) is 0 Å². The fourth-order valence-electron chi connectivity index (χ4n) is 3.55. The first-order chi connectivity index (χ1) is 12.2. The molecule has 1 amide bonds. The highest BCUT2D eigenvalue weighted by Gasteiger charge is 2.24. The Labute approximate surface area is 150 Å². The van der Waals surface area contributed by atoms with Gasteiger partial charge in [0.1, 0.15) is 0 Å². The average Bonchev–Trinajstić information content (AvgIpc) is 3.14. The minimum atomic E-state index is 0.120. The van der Waals surface area contributed by atoms with Gasteiger partial charge in [-0.1, -0.05) is 30.7 Å². The number of carbonyl (C=O) groups is 1. The molecule has 1 aromatic heterocycles. The number of piperidine rings is 1. The molecule has 0 aliphatic carbocycles. The predicted octanol–water partition coefficient (Wildman–Crippen LogP) is 2.75. The molecule has 1 aliphatic heterocycles. The van der Waals surface area contributed by atoms with Crippen LogP contribution in [0.4, 0.5) is 0 Å². The van der Waals surface area contributed by atoms with Crippen molar-refractivity contribution >= 4 is 5.91 Å². The molecule has 5 nitrogen and oxygen atoms in total. The summed E-state index contributed by atoms with van der Waals surface area (Å²) in [6, 6.07) is 10.6. The van der Waals surface area contributed by atoms with E-state index in [4.69, 9.17) is 0 Å². The Hall–Kier alpha value is -2.14. The van der Waals surface area contributed by atoms with Crippen molar-refractivity contribution in [1.82, 2.24) is 20.0 Å². The first-order valence-corrected chi connectivity index (χ1v) is 9.25. The van der Waals surface area contributed by atoms with Gasteiger partial charge in [-0.05, 0) is 49.9 Å². The summed E-state index contributed by atoms with van der Waals surface area (Å²) < 4.78 is 1.98. The Balaban J connectivity index is 1.48. The maximum Gasteiger partial charge on any atom is 0.234 e. The lowest BCUT2D eigenvalue weighted by Crippen LogP contribution is -2.45. The molecule has 2 heterocycles. The first kappa shape index (κ1) is 17.7. The number of nitrogens with zero attached hydrogens (tertiary/aromatic N) is 3. The van der Waals surface area contributed by atoms with Gasteiger partial charge in [-0.15, -0.1) is 0 Å². The van der Waals surface area contributed by atoms with Crippen molar-refractivity contribution in [3.63, 3.8) is 0 Å². The molecule has 0 radical (unpaired) electrons.